The summed E-state index contributed by atoms with van der Waals surface area (Å²) >= 11 is 1.75. The molecule has 1 atom stereocenters. The normalized spacial score (nSPS) is 12.6. The average molecular weight is 253 g/mol. The molecule has 0 radical (unpaired) electrons. The highest BCUT2D eigenvalue weighted by Gasteiger charge is 2.04. The van der Waals surface area contributed by atoms with Crippen molar-refractivity contribution in [3.8, 4) is 0 Å². The van der Waals surface area contributed by atoms with Gasteiger partial charge in [-0.2, -0.15) is 0 Å². The van der Waals surface area contributed by atoms with Crippen molar-refractivity contribution in [1.29, 1.82) is 0 Å². The predicted molar refractivity (Wildman–Crippen MR) is 75.5 cm³/mol. The van der Waals surface area contributed by atoms with Crippen LogP contribution in [0.15, 0.2) is 29.2 Å². The zero-order chi connectivity index (χ0) is 12.5. The Labute approximate surface area is 109 Å². The van der Waals surface area contributed by atoms with Crippen molar-refractivity contribution in [2.24, 2.45) is 0 Å². The number of ether oxygens (including phenoxy) is 1. The maximum absolute atomic E-state index is 5.35. The highest BCUT2D eigenvalue weighted by Crippen LogP contribution is 2.22. The van der Waals surface area contributed by atoms with Crippen LogP contribution < -0.4 is 5.32 Å². The third kappa shape index (κ3) is 5.57. The molecular weight excluding hydrogens is 230 g/mol. The molecule has 0 heterocycles. The number of thioether (sulfide) groups is 1. The Balaban J connectivity index is 2.52. The van der Waals surface area contributed by atoms with E-state index in [4.69, 9.17) is 4.74 Å². The van der Waals surface area contributed by atoms with Crippen LogP contribution in [-0.4, -0.2) is 19.1 Å². The van der Waals surface area contributed by atoms with E-state index in [1.807, 2.05) is 6.92 Å². The molecule has 1 aromatic carbocycles. The van der Waals surface area contributed by atoms with Gasteiger partial charge in [0, 0.05) is 17.5 Å². The Bertz CT molecular complexity index is 317. The van der Waals surface area contributed by atoms with Crippen LogP contribution in [0.3, 0.4) is 0 Å². The highest BCUT2D eigenvalue weighted by atomic mass is 32.2. The molecule has 0 spiro atoms. The first kappa shape index (κ1) is 14.6. The van der Waals surface area contributed by atoms with Gasteiger partial charge in [0.05, 0.1) is 5.94 Å². The second-order valence-corrected chi connectivity index (χ2v) is 5.00. The Kier molecular flexibility index (Phi) is 7.33. The van der Waals surface area contributed by atoms with Crippen molar-refractivity contribution in [3.05, 3.63) is 29.8 Å². The molecule has 1 N–H and O–H groups in total. The van der Waals surface area contributed by atoms with Crippen LogP contribution in [-0.2, 0) is 4.74 Å². The SMILES string of the molecule is CCCNC(C)c1cccc(SCOCC)c1. The zero-order valence-corrected chi connectivity index (χ0v) is 11.8. The van der Waals surface area contributed by atoms with Gasteiger partial charge in [0.1, 0.15) is 0 Å². The molecule has 0 aliphatic carbocycles. The summed E-state index contributed by atoms with van der Waals surface area (Å²) in [6, 6.07) is 9.10. The van der Waals surface area contributed by atoms with Crippen LogP contribution >= 0.6 is 11.8 Å². The van der Waals surface area contributed by atoms with Crippen LogP contribution in [0.4, 0.5) is 0 Å². The van der Waals surface area contributed by atoms with Gasteiger partial charge < -0.3 is 10.1 Å². The lowest BCUT2D eigenvalue weighted by Gasteiger charge is -2.14. The van der Waals surface area contributed by atoms with Crippen molar-refractivity contribution >= 4 is 11.8 Å². The Morgan fingerprint density at radius 2 is 2.18 bits per heavy atom. The van der Waals surface area contributed by atoms with E-state index in [2.05, 4.69) is 43.4 Å². The van der Waals surface area contributed by atoms with Crippen LogP contribution in [0.5, 0.6) is 0 Å². The zero-order valence-electron chi connectivity index (χ0n) is 11.0. The van der Waals surface area contributed by atoms with Gasteiger partial charge >= 0.3 is 0 Å². The summed E-state index contributed by atoms with van der Waals surface area (Å²) in [5.41, 5.74) is 1.35. The molecule has 0 fully saturated rings. The molecule has 1 unspecified atom stereocenters. The molecule has 0 saturated carbocycles. The minimum atomic E-state index is 0.419. The summed E-state index contributed by atoms with van der Waals surface area (Å²) < 4.78 is 5.35. The number of nitrogens with one attached hydrogen (secondary N) is 1. The van der Waals surface area contributed by atoms with E-state index >= 15 is 0 Å². The van der Waals surface area contributed by atoms with Crippen molar-refractivity contribution in [2.45, 2.75) is 38.1 Å². The Morgan fingerprint density at radius 1 is 1.35 bits per heavy atom. The smallest absolute Gasteiger partial charge is 0.0966 e. The fourth-order valence-corrected chi connectivity index (χ4v) is 2.33. The summed E-state index contributed by atoms with van der Waals surface area (Å²) in [6.07, 6.45) is 1.17. The molecule has 3 heteroatoms. The van der Waals surface area contributed by atoms with E-state index in [0.717, 1.165) is 19.1 Å². The van der Waals surface area contributed by atoms with Gasteiger partial charge in [0.2, 0.25) is 0 Å². The van der Waals surface area contributed by atoms with E-state index in [0.29, 0.717) is 6.04 Å². The molecule has 0 aromatic heterocycles. The maximum atomic E-state index is 5.35. The van der Waals surface area contributed by atoms with Crippen molar-refractivity contribution < 1.29 is 4.74 Å². The van der Waals surface area contributed by atoms with Gasteiger partial charge in [-0.05, 0) is 44.5 Å². The molecular formula is C14H23NOS. The van der Waals surface area contributed by atoms with Gasteiger partial charge in [0.15, 0.2) is 0 Å². The van der Waals surface area contributed by atoms with E-state index in [1.54, 1.807) is 11.8 Å². The number of benzene rings is 1. The molecule has 2 nitrogen and oxygen atoms in total. The Morgan fingerprint density at radius 3 is 2.88 bits per heavy atom. The van der Waals surface area contributed by atoms with Crippen molar-refractivity contribution in [2.75, 3.05) is 19.1 Å². The summed E-state index contributed by atoms with van der Waals surface area (Å²) in [6.45, 7) is 8.27. The summed E-state index contributed by atoms with van der Waals surface area (Å²) in [5, 5.41) is 3.50. The van der Waals surface area contributed by atoms with E-state index < -0.39 is 0 Å². The topological polar surface area (TPSA) is 21.3 Å². The van der Waals surface area contributed by atoms with Gasteiger partial charge in [0.25, 0.3) is 0 Å². The van der Waals surface area contributed by atoms with Crippen LogP contribution in [0.2, 0.25) is 0 Å². The van der Waals surface area contributed by atoms with Gasteiger partial charge in [-0.15, -0.1) is 0 Å². The highest BCUT2D eigenvalue weighted by molar-refractivity contribution is 7.99. The number of hydrogen-bond acceptors (Lipinski definition) is 3. The molecule has 0 aliphatic heterocycles. The molecule has 96 valence electrons. The lowest BCUT2D eigenvalue weighted by Crippen LogP contribution is -2.19. The maximum Gasteiger partial charge on any atom is 0.0966 e. The number of hydrogen-bond donors (Lipinski definition) is 1. The van der Waals surface area contributed by atoms with Gasteiger partial charge in [-0.1, -0.05) is 30.8 Å². The monoisotopic (exact) mass is 253 g/mol. The largest absolute Gasteiger partial charge is 0.371 e. The summed E-state index contributed by atoms with van der Waals surface area (Å²) in [5.74, 6) is 0.733. The van der Waals surface area contributed by atoms with E-state index in [1.165, 1.54) is 16.9 Å². The van der Waals surface area contributed by atoms with Gasteiger partial charge in [-0.3, -0.25) is 0 Å². The minimum absolute atomic E-state index is 0.419. The molecule has 1 rings (SSSR count). The van der Waals surface area contributed by atoms with Crippen LogP contribution in [0, 0.1) is 0 Å². The van der Waals surface area contributed by atoms with E-state index in [-0.39, 0.29) is 0 Å². The minimum Gasteiger partial charge on any atom is -0.371 e. The standard InChI is InChI=1S/C14H23NOS/c1-4-9-15-12(3)13-7-6-8-14(10-13)17-11-16-5-2/h6-8,10,12,15H,4-5,9,11H2,1-3H3. The Hall–Kier alpha value is -0.510. The second kappa shape index (κ2) is 8.56. The lowest BCUT2D eigenvalue weighted by atomic mass is 10.1. The average Bonchev–Trinajstić information content (AvgIpc) is 2.36. The molecule has 0 saturated heterocycles. The quantitative estimate of drug-likeness (QED) is 0.432. The molecule has 0 amide bonds. The summed E-state index contributed by atoms with van der Waals surface area (Å²) in [7, 11) is 0. The lowest BCUT2D eigenvalue weighted by molar-refractivity contribution is 0.199. The molecule has 17 heavy (non-hydrogen) atoms. The van der Waals surface area contributed by atoms with Gasteiger partial charge in [-0.25, -0.2) is 0 Å². The fraction of sp³-hybridized carbons (Fsp3) is 0.571. The van der Waals surface area contributed by atoms with Crippen LogP contribution in [0.1, 0.15) is 38.8 Å². The first-order valence-electron chi connectivity index (χ1n) is 6.31. The predicted octanol–water partition coefficient (Wildman–Crippen LogP) is 3.83. The summed E-state index contributed by atoms with van der Waals surface area (Å²) in [4.78, 5) is 1.28. The fourth-order valence-electron chi connectivity index (χ4n) is 1.55. The third-order valence-corrected chi connectivity index (χ3v) is 3.44. The first-order valence-corrected chi connectivity index (χ1v) is 7.30. The van der Waals surface area contributed by atoms with Crippen molar-refractivity contribution in [1.82, 2.24) is 5.32 Å². The third-order valence-electron chi connectivity index (χ3n) is 2.57. The molecule has 1 aromatic rings. The first-order chi connectivity index (χ1) is 8.27. The second-order valence-electron chi connectivity index (χ2n) is 4.00. The van der Waals surface area contributed by atoms with Crippen molar-refractivity contribution in [3.63, 3.8) is 0 Å². The van der Waals surface area contributed by atoms with Crippen LogP contribution in [0.25, 0.3) is 0 Å². The molecule has 0 aliphatic rings. The number of rotatable bonds is 8. The van der Waals surface area contributed by atoms with E-state index in [9.17, 15) is 0 Å². The molecule has 0 bridgehead atoms.